The summed E-state index contributed by atoms with van der Waals surface area (Å²) in [5, 5.41) is 5.01. The lowest BCUT2D eigenvalue weighted by molar-refractivity contribution is 0.136. The molecule has 2 heterocycles. The van der Waals surface area contributed by atoms with Crippen molar-refractivity contribution in [3.8, 4) is 0 Å². The minimum atomic E-state index is -3.33. The number of hydrogen-bond donors (Lipinski definition) is 2. The SMILES string of the molecule is NC1CC2CCC(C1)N2CCS(N)(=O)=O. The molecule has 0 saturated carbocycles. The fourth-order valence-electron chi connectivity index (χ4n) is 2.91. The largest absolute Gasteiger partial charge is 0.328 e. The van der Waals surface area contributed by atoms with Crippen LogP contribution < -0.4 is 10.9 Å². The molecule has 0 aliphatic carbocycles. The standard InChI is InChI=1S/C9H19N3O2S/c10-7-5-8-1-2-9(6-7)12(8)3-4-15(11,13)14/h7-9H,1-6,10H2,(H2,11,13,14). The summed E-state index contributed by atoms with van der Waals surface area (Å²) < 4.78 is 21.8. The van der Waals surface area contributed by atoms with Gasteiger partial charge in [0.25, 0.3) is 0 Å². The molecule has 2 fully saturated rings. The van der Waals surface area contributed by atoms with Crippen LogP contribution in [0.3, 0.4) is 0 Å². The summed E-state index contributed by atoms with van der Waals surface area (Å²) in [6.45, 7) is 0.570. The van der Waals surface area contributed by atoms with E-state index in [4.69, 9.17) is 10.9 Å². The van der Waals surface area contributed by atoms with Gasteiger partial charge in [-0.2, -0.15) is 0 Å². The van der Waals surface area contributed by atoms with Crippen LogP contribution in [0.1, 0.15) is 25.7 Å². The van der Waals surface area contributed by atoms with Crippen molar-refractivity contribution in [2.75, 3.05) is 12.3 Å². The minimum absolute atomic E-state index is 0.0647. The van der Waals surface area contributed by atoms with Crippen molar-refractivity contribution in [2.45, 2.75) is 43.8 Å². The maximum atomic E-state index is 10.9. The Morgan fingerprint density at radius 3 is 2.20 bits per heavy atom. The number of primary sulfonamides is 1. The monoisotopic (exact) mass is 233 g/mol. The van der Waals surface area contributed by atoms with E-state index in [9.17, 15) is 8.42 Å². The highest BCUT2D eigenvalue weighted by molar-refractivity contribution is 7.89. The van der Waals surface area contributed by atoms with Crippen molar-refractivity contribution < 1.29 is 8.42 Å². The fourth-order valence-corrected chi connectivity index (χ4v) is 3.38. The fraction of sp³-hybridized carbons (Fsp3) is 1.00. The number of nitrogens with two attached hydrogens (primary N) is 2. The predicted octanol–water partition coefficient (Wildman–Crippen LogP) is -0.771. The first-order chi connectivity index (χ1) is 6.96. The number of nitrogens with zero attached hydrogens (tertiary/aromatic N) is 1. The molecule has 2 aliphatic rings. The van der Waals surface area contributed by atoms with Crippen molar-refractivity contribution in [3.05, 3.63) is 0 Å². The van der Waals surface area contributed by atoms with E-state index in [2.05, 4.69) is 4.90 Å². The Morgan fingerprint density at radius 2 is 1.73 bits per heavy atom. The van der Waals surface area contributed by atoms with Gasteiger partial charge in [0.15, 0.2) is 0 Å². The van der Waals surface area contributed by atoms with Gasteiger partial charge in [0.1, 0.15) is 0 Å². The van der Waals surface area contributed by atoms with Crippen molar-refractivity contribution in [1.82, 2.24) is 4.90 Å². The average Bonchev–Trinajstić information content (AvgIpc) is 2.33. The zero-order chi connectivity index (χ0) is 11.1. The maximum Gasteiger partial charge on any atom is 0.210 e. The Hall–Kier alpha value is -0.170. The van der Waals surface area contributed by atoms with E-state index in [0.29, 0.717) is 24.7 Å². The zero-order valence-electron chi connectivity index (χ0n) is 8.80. The number of fused-ring (bicyclic) bond motifs is 2. The van der Waals surface area contributed by atoms with Crippen LogP contribution in [0, 0.1) is 0 Å². The van der Waals surface area contributed by atoms with Gasteiger partial charge in [-0.05, 0) is 25.7 Å². The Kier molecular flexibility index (Phi) is 3.03. The van der Waals surface area contributed by atoms with Gasteiger partial charge < -0.3 is 5.73 Å². The van der Waals surface area contributed by atoms with Crippen LogP contribution in [0.4, 0.5) is 0 Å². The average molecular weight is 233 g/mol. The molecule has 2 atom stereocenters. The lowest BCUT2D eigenvalue weighted by atomic mass is 9.98. The first-order valence-corrected chi connectivity index (χ1v) is 7.19. The molecule has 0 aromatic heterocycles. The van der Waals surface area contributed by atoms with Gasteiger partial charge in [-0.25, -0.2) is 13.6 Å². The van der Waals surface area contributed by atoms with Gasteiger partial charge >= 0.3 is 0 Å². The van der Waals surface area contributed by atoms with Gasteiger partial charge in [-0.1, -0.05) is 0 Å². The quantitative estimate of drug-likeness (QED) is 0.670. The molecule has 6 heteroatoms. The van der Waals surface area contributed by atoms with E-state index >= 15 is 0 Å². The summed E-state index contributed by atoms with van der Waals surface area (Å²) in [6.07, 6.45) is 4.31. The van der Waals surface area contributed by atoms with Crippen molar-refractivity contribution in [1.29, 1.82) is 0 Å². The Balaban J connectivity index is 1.94. The summed E-state index contributed by atoms with van der Waals surface area (Å²) in [6, 6.07) is 1.27. The first kappa shape index (κ1) is 11.3. The third kappa shape index (κ3) is 2.69. The smallest absolute Gasteiger partial charge is 0.210 e. The molecule has 0 aromatic carbocycles. The third-order valence-corrected chi connectivity index (χ3v) is 4.31. The Labute approximate surface area is 90.8 Å². The summed E-state index contributed by atoms with van der Waals surface area (Å²) in [5.74, 6) is 0.0647. The van der Waals surface area contributed by atoms with Crippen LogP contribution in [0.2, 0.25) is 0 Å². The summed E-state index contributed by atoms with van der Waals surface area (Å²) >= 11 is 0. The van der Waals surface area contributed by atoms with Gasteiger partial charge in [-0.3, -0.25) is 4.90 Å². The molecule has 2 unspecified atom stereocenters. The number of hydrogen-bond acceptors (Lipinski definition) is 4. The van der Waals surface area contributed by atoms with E-state index < -0.39 is 10.0 Å². The van der Waals surface area contributed by atoms with Crippen LogP contribution >= 0.6 is 0 Å². The zero-order valence-corrected chi connectivity index (χ0v) is 9.62. The molecule has 0 aromatic rings. The highest BCUT2D eigenvalue weighted by Gasteiger charge is 2.39. The summed E-state index contributed by atoms with van der Waals surface area (Å²) in [4.78, 5) is 2.29. The first-order valence-electron chi connectivity index (χ1n) is 5.47. The van der Waals surface area contributed by atoms with Crippen LogP contribution in [0.15, 0.2) is 0 Å². The van der Waals surface area contributed by atoms with Crippen molar-refractivity contribution >= 4 is 10.0 Å². The van der Waals surface area contributed by atoms with Gasteiger partial charge in [0.2, 0.25) is 10.0 Å². The molecule has 2 bridgehead atoms. The van der Waals surface area contributed by atoms with Gasteiger partial charge in [-0.15, -0.1) is 0 Å². The second-order valence-electron chi connectivity index (χ2n) is 4.72. The second-order valence-corrected chi connectivity index (χ2v) is 6.46. The molecule has 5 nitrogen and oxygen atoms in total. The highest BCUT2D eigenvalue weighted by Crippen LogP contribution is 2.34. The van der Waals surface area contributed by atoms with Crippen molar-refractivity contribution in [3.63, 3.8) is 0 Å². The van der Waals surface area contributed by atoms with E-state index in [1.54, 1.807) is 0 Å². The predicted molar refractivity (Wildman–Crippen MR) is 58.7 cm³/mol. The highest BCUT2D eigenvalue weighted by atomic mass is 32.2. The lowest BCUT2D eigenvalue weighted by Crippen LogP contribution is -2.49. The number of sulfonamides is 1. The molecule has 0 spiro atoms. The molecule has 4 N–H and O–H groups in total. The van der Waals surface area contributed by atoms with Gasteiger partial charge in [0.05, 0.1) is 5.75 Å². The third-order valence-electron chi connectivity index (χ3n) is 3.55. The summed E-state index contributed by atoms with van der Waals surface area (Å²) in [5.41, 5.74) is 5.93. The molecule has 0 amide bonds. The van der Waals surface area contributed by atoms with E-state index in [1.807, 2.05) is 0 Å². The number of rotatable bonds is 3. The van der Waals surface area contributed by atoms with Gasteiger partial charge in [0, 0.05) is 24.7 Å². The molecular weight excluding hydrogens is 214 g/mol. The van der Waals surface area contributed by atoms with Crippen LogP contribution in [-0.4, -0.2) is 43.7 Å². The van der Waals surface area contributed by atoms with Crippen molar-refractivity contribution in [2.24, 2.45) is 10.9 Å². The minimum Gasteiger partial charge on any atom is -0.328 e. The normalized spacial score (nSPS) is 37.1. The lowest BCUT2D eigenvalue weighted by Gasteiger charge is -2.37. The number of piperidine rings is 1. The molecule has 88 valence electrons. The molecular formula is C9H19N3O2S. The summed E-state index contributed by atoms with van der Waals surface area (Å²) in [7, 11) is -3.33. The van der Waals surface area contributed by atoms with Crippen LogP contribution in [0.25, 0.3) is 0 Å². The van der Waals surface area contributed by atoms with Crippen LogP contribution in [-0.2, 0) is 10.0 Å². The van der Waals surface area contributed by atoms with E-state index in [0.717, 1.165) is 25.7 Å². The van der Waals surface area contributed by atoms with E-state index in [-0.39, 0.29) is 5.75 Å². The molecule has 0 radical (unpaired) electrons. The Morgan fingerprint density at radius 1 is 1.20 bits per heavy atom. The topological polar surface area (TPSA) is 89.4 Å². The molecule has 2 saturated heterocycles. The maximum absolute atomic E-state index is 10.9. The molecule has 2 rings (SSSR count). The molecule has 2 aliphatic heterocycles. The Bertz CT molecular complexity index is 316. The second kappa shape index (κ2) is 4.01. The van der Waals surface area contributed by atoms with Crippen LogP contribution in [0.5, 0.6) is 0 Å². The van der Waals surface area contributed by atoms with E-state index in [1.165, 1.54) is 0 Å². The molecule has 15 heavy (non-hydrogen) atoms.